The van der Waals surface area contributed by atoms with Crippen molar-refractivity contribution < 1.29 is 24.2 Å². The summed E-state index contributed by atoms with van der Waals surface area (Å²) in [4.78, 5) is 37.8. The van der Waals surface area contributed by atoms with Crippen LogP contribution in [-0.2, 0) is 14.3 Å². The minimum atomic E-state index is -0.841. The number of fused-ring (bicyclic) bond motifs is 3. The molecular formula is C26H30N2O5. The van der Waals surface area contributed by atoms with Crippen LogP contribution < -0.4 is 5.32 Å². The minimum absolute atomic E-state index is 0.0163. The van der Waals surface area contributed by atoms with E-state index in [1.165, 1.54) is 11.1 Å². The number of carbonyl (C=O) groups excluding carboxylic acids is 2. The summed E-state index contributed by atoms with van der Waals surface area (Å²) in [5, 5.41) is 11.8. The third kappa shape index (κ3) is 5.02. The Labute approximate surface area is 193 Å². The van der Waals surface area contributed by atoms with Crippen molar-refractivity contribution in [3.05, 3.63) is 59.7 Å². The first-order valence-corrected chi connectivity index (χ1v) is 11.4. The van der Waals surface area contributed by atoms with Crippen LogP contribution in [0.5, 0.6) is 0 Å². The summed E-state index contributed by atoms with van der Waals surface area (Å²) in [6, 6.07) is 15.9. The zero-order chi connectivity index (χ0) is 23.5. The third-order valence-electron chi connectivity index (χ3n) is 6.75. The van der Waals surface area contributed by atoms with Crippen molar-refractivity contribution in [2.75, 3.05) is 19.7 Å². The number of likely N-dealkylation sites (tertiary alicyclic amines) is 1. The van der Waals surface area contributed by atoms with E-state index < -0.39 is 12.1 Å². The molecule has 3 atom stereocenters. The van der Waals surface area contributed by atoms with Gasteiger partial charge in [-0.3, -0.25) is 9.59 Å². The lowest BCUT2D eigenvalue weighted by Crippen LogP contribution is -2.39. The molecule has 0 aromatic heterocycles. The predicted octanol–water partition coefficient (Wildman–Crippen LogP) is 3.87. The summed E-state index contributed by atoms with van der Waals surface area (Å²) < 4.78 is 5.56. The molecule has 1 aliphatic heterocycles. The smallest absolute Gasteiger partial charge is 0.407 e. The minimum Gasteiger partial charge on any atom is -0.481 e. The van der Waals surface area contributed by atoms with Crippen molar-refractivity contribution in [2.24, 2.45) is 11.8 Å². The zero-order valence-corrected chi connectivity index (χ0v) is 19.0. The molecule has 2 aromatic rings. The number of nitrogens with one attached hydrogen (secondary N) is 1. The average molecular weight is 451 g/mol. The van der Waals surface area contributed by atoms with Gasteiger partial charge in [0.1, 0.15) is 6.61 Å². The maximum absolute atomic E-state index is 12.6. The standard InChI is InChI=1S/C26H30N2O5/c1-16-13-28(14-18(16)12-25(30)31)24(29)11-17(2)27-26(32)33-15-23-21-9-5-3-7-19(21)20-8-4-6-10-22(20)23/h3-10,16-18,23H,11-15H2,1-2H3,(H,27,32)(H,30,31)/t16-,17+,18-/m1/s1. The van der Waals surface area contributed by atoms with Crippen molar-refractivity contribution in [3.63, 3.8) is 0 Å². The Hall–Kier alpha value is -3.35. The number of carboxylic acids is 1. The van der Waals surface area contributed by atoms with Gasteiger partial charge in [0, 0.05) is 31.5 Å². The Bertz CT molecular complexity index is 1010. The van der Waals surface area contributed by atoms with Crippen LogP contribution in [-0.4, -0.2) is 53.7 Å². The lowest BCUT2D eigenvalue weighted by Gasteiger charge is -2.20. The molecule has 2 N–H and O–H groups in total. The lowest BCUT2D eigenvalue weighted by atomic mass is 9.95. The number of hydrogen-bond donors (Lipinski definition) is 2. The number of nitrogens with zero attached hydrogens (tertiary/aromatic N) is 1. The Morgan fingerprint density at radius 1 is 1.06 bits per heavy atom. The fraction of sp³-hybridized carbons (Fsp3) is 0.423. The van der Waals surface area contributed by atoms with Gasteiger partial charge in [-0.15, -0.1) is 0 Å². The second-order valence-electron chi connectivity index (χ2n) is 9.21. The van der Waals surface area contributed by atoms with Crippen LogP contribution in [0.3, 0.4) is 0 Å². The molecule has 0 spiro atoms. The fourth-order valence-electron chi connectivity index (χ4n) is 5.01. The third-order valence-corrected chi connectivity index (χ3v) is 6.75. The molecule has 7 nitrogen and oxygen atoms in total. The second-order valence-corrected chi connectivity index (χ2v) is 9.21. The molecule has 7 heteroatoms. The van der Waals surface area contributed by atoms with Gasteiger partial charge in [-0.1, -0.05) is 55.5 Å². The van der Waals surface area contributed by atoms with Gasteiger partial charge in [0.2, 0.25) is 5.91 Å². The SMILES string of the molecule is C[C@@H]1CN(C(=O)C[C@H](C)NC(=O)OCC2c3ccccc3-c3ccccc32)C[C@H]1CC(=O)O. The maximum atomic E-state index is 12.6. The van der Waals surface area contributed by atoms with Gasteiger partial charge in [0.15, 0.2) is 0 Å². The zero-order valence-electron chi connectivity index (χ0n) is 19.0. The molecule has 1 saturated heterocycles. The lowest BCUT2D eigenvalue weighted by molar-refractivity contribution is -0.138. The van der Waals surface area contributed by atoms with E-state index in [2.05, 4.69) is 29.6 Å². The van der Waals surface area contributed by atoms with Crippen molar-refractivity contribution in [1.82, 2.24) is 10.2 Å². The van der Waals surface area contributed by atoms with Crippen LogP contribution in [0, 0.1) is 11.8 Å². The highest BCUT2D eigenvalue weighted by Crippen LogP contribution is 2.44. The number of carboxylic acid groups (broad SMARTS) is 1. The predicted molar refractivity (Wildman–Crippen MR) is 124 cm³/mol. The first-order chi connectivity index (χ1) is 15.8. The highest BCUT2D eigenvalue weighted by Gasteiger charge is 2.34. The fourth-order valence-corrected chi connectivity index (χ4v) is 5.01. The van der Waals surface area contributed by atoms with Gasteiger partial charge in [0.25, 0.3) is 0 Å². The quantitative estimate of drug-likeness (QED) is 0.668. The van der Waals surface area contributed by atoms with Crippen LogP contribution >= 0.6 is 0 Å². The monoisotopic (exact) mass is 450 g/mol. The summed E-state index contributed by atoms with van der Waals surface area (Å²) in [5.74, 6) is -0.822. The molecule has 2 amide bonds. The summed E-state index contributed by atoms with van der Waals surface area (Å²) in [5.41, 5.74) is 4.63. The van der Waals surface area contributed by atoms with E-state index in [4.69, 9.17) is 9.84 Å². The summed E-state index contributed by atoms with van der Waals surface area (Å²) in [6.07, 6.45) is -0.328. The number of rotatable bonds is 7. The summed E-state index contributed by atoms with van der Waals surface area (Å²) in [7, 11) is 0. The molecule has 2 aromatic carbocycles. The van der Waals surface area contributed by atoms with Crippen LogP contribution in [0.1, 0.15) is 43.7 Å². The Morgan fingerprint density at radius 2 is 1.67 bits per heavy atom. The highest BCUT2D eigenvalue weighted by atomic mass is 16.5. The van der Waals surface area contributed by atoms with Crippen LogP contribution in [0.25, 0.3) is 11.1 Å². The maximum Gasteiger partial charge on any atom is 0.407 e. The van der Waals surface area contributed by atoms with Gasteiger partial charge < -0.3 is 20.1 Å². The molecule has 0 unspecified atom stereocenters. The molecule has 0 radical (unpaired) electrons. The molecule has 174 valence electrons. The molecular weight excluding hydrogens is 420 g/mol. The molecule has 1 fully saturated rings. The molecule has 1 heterocycles. The van der Waals surface area contributed by atoms with Gasteiger partial charge in [-0.05, 0) is 41.0 Å². The molecule has 4 rings (SSSR count). The molecule has 0 bridgehead atoms. The molecule has 33 heavy (non-hydrogen) atoms. The topological polar surface area (TPSA) is 95.9 Å². The van der Waals surface area contributed by atoms with E-state index >= 15 is 0 Å². The van der Waals surface area contributed by atoms with Crippen molar-refractivity contribution in [3.8, 4) is 11.1 Å². The molecule has 0 saturated carbocycles. The average Bonchev–Trinajstić information content (AvgIpc) is 3.29. The Morgan fingerprint density at radius 3 is 2.27 bits per heavy atom. The van der Waals surface area contributed by atoms with E-state index in [0.717, 1.165) is 11.1 Å². The largest absolute Gasteiger partial charge is 0.481 e. The number of carbonyl (C=O) groups is 3. The number of alkyl carbamates (subject to hydrolysis) is 1. The van der Waals surface area contributed by atoms with Crippen LogP contribution in [0.4, 0.5) is 4.79 Å². The summed E-state index contributed by atoms with van der Waals surface area (Å²) in [6.45, 7) is 4.96. The van der Waals surface area contributed by atoms with Crippen LogP contribution in [0.15, 0.2) is 48.5 Å². The number of hydrogen-bond acceptors (Lipinski definition) is 4. The highest BCUT2D eigenvalue weighted by molar-refractivity contribution is 5.80. The summed E-state index contributed by atoms with van der Waals surface area (Å²) >= 11 is 0. The van der Waals surface area contributed by atoms with Crippen molar-refractivity contribution >= 4 is 18.0 Å². The molecule has 1 aliphatic carbocycles. The van der Waals surface area contributed by atoms with E-state index in [1.54, 1.807) is 11.8 Å². The second kappa shape index (κ2) is 9.65. The normalized spacial score (nSPS) is 20.1. The number of amides is 2. The Balaban J connectivity index is 1.28. The van der Waals surface area contributed by atoms with E-state index in [0.29, 0.717) is 13.1 Å². The Kier molecular flexibility index (Phi) is 6.67. The van der Waals surface area contributed by atoms with Crippen molar-refractivity contribution in [1.29, 1.82) is 0 Å². The van der Waals surface area contributed by atoms with Gasteiger partial charge in [0.05, 0.1) is 6.42 Å². The van der Waals surface area contributed by atoms with Crippen LogP contribution in [0.2, 0.25) is 0 Å². The van der Waals surface area contributed by atoms with Gasteiger partial charge in [-0.25, -0.2) is 4.79 Å². The first kappa shape index (κ1) is 22.8. The first-order valence-electron chi connectivity index (χ1n) is 11.4. The number of benzene rings is 2. The van der Waals surface area contributed by atoms with E-state index in [-0.39, 0.29) is 49.2 Å². The van der Waals surface area contributed by atoms with Gasteiger partial charge >= 0.3 is 12.1 Å². The number of aliphatic carboxylic acids is 1. The molecule has 2 aliphatic rings. The number of ether oxygens (including phenoxy) is 1. The van der Waals surface area contributed by atoms with Gasteiger partial charge in [-0.2, -0.15) is 0 Å². The van der Waals surface area contributed by atoms with E-state index in [1.807, 2.05) is 31.2 Å². The van der Waals surface area contributed by atoms with Crippen molar-refractivity contribution in [2.45, 2.75) is 38.6 Å². The van der Waals surface area contributed by atoms with E-state index in [9.17, 15) is 14.4 Å².